The van der Waals surface area contributed by atoms with Crippen molar-refractivity contribution in [1.82, 2.24) is 10.2 Å². The molecule has 0 aliphatic carbocycles. The van der Waals surface area contributed by atoms with E-state index in [0.717, 1.165) is 19.5 Å². The van der Waals surface area contributed by atoms with E-state index in [1.54, 1.807) is 0 Å². The Bertz CT molecular complexity index is 411. The number of hydrogen-bond acceptors (Lipinski definition) is 3. The summed E-state index contributed by atoms with van der Waals surface area (Å²) < 4.78 is 13.3. The van der Waals surface area contributed by atoms with E-state index in [4.69, 9.17) is 0 Å². The van der Waals surface area contributed by atoms with Gasteiger partial charge in [-0.15, -0.1) is 0 Å². The van der Waals surface area contributed by atoms with Crippen LogP contribution in [0.2, 0.25) is 0 Å². The summed E-state index contributed by atoms with van der Waals surface area (Å²) in [6, 6.07) is 4.72. The van der Waals surface area contributed by atoms with Gasteiger partial charge in [-0.25, -0.2) is 4.39 Å². The maximum absolute atomic E-state index is 13.3. The van der Waals surface area contributed by atoms with E-state index in [1.165, 1.54) is 37.5 Å². The van der Waals surface area contributed by atoms with Crippen molar-refractivity contribution < 1.29 is 9.50 Å². The van der Waals surface area contributed by atoms with Crippen LogP contribution in [0.3, 0.4) is 0 Å². The van der Waals surface area contributed by atoms with Crippen LogP contribution in [-0.2, 0) is 6.54 Å². The molecule has 106 valence electrons. The molecule has 3 nitrogen and oxygen atoms in total. The molecule has 2 N–H and O–H groups in total. The molecule has 1 heterocycles. The first-order chi connectivity index (χ1) is 9.20. The molecule has 19 heavy (non-hydrogen) atoms. The van der Waals surface area contributed by atoms with Gasteiger partial charge in [0, 0.05) is 18.2 Å². The zero-order chi connectivity index (χ0) is 13.7. The van der Waals surface area contributed by atoms with Crippen LogP contribution in [0, 0.1) is 5.82 Å². The monoisotopic (exact) mass is 266 g/mol. The van der Waals surface area contributed by atoms with Crippen molar-refractivity contribution in [3.63, 3.8) is 0 Å². The molecule has 0 radical (unpaired) electrons. The number of nitrogens with zero attached hydrogens (tertiary/aromatic N) is 1. The first kappa shape index (κ1) is 14.3. The molecule has 1 fully saturated rings. The Labute approximate surface area is 114 Å². The van der Waals surface area contributed by atoms with Gasteiger partial charge in [0.1, 0.15) is 11.6 Å². The molecule has 1 atom stereocenters. The van der Waals surface area contributed by atoms with Crippen molar-refractivity contribution in [2.24, 2.45) is 0 Å². The van der Waals surface area contributed by atoms with Crippen molar-refractivity contribution in [3.05, 3.63) is 29.6 Å². The van der Waals surface area contributed by atoms with E-state index in [9.17, 15) is 9.50 Å². The van der Waals surface area contributed by atoms with Gasteiger partial charge in [-0.2, -0.15) is 0 Å². The van der Waals surface area contributed by atoms with E-state index >= 15 is 0 Å². The highest BCUT2D eigenvalue weighted by molar-refractivity contribution is 5.32. The highest BCUT2D eigenvalue weighted by Crippen LogP contribution is 2.25. The molecule has 1 aliphatic rings. The van der Waals surface area contributed by atoms with Gasteiger partial charge in [0.25, 0.3) is 0 Å². The molecule has 1 aromatic carbocycles. The van der Waals surface area contributed by atoms with E-state index in [1.807, 2.05) is 7.05 Å². The molecule has 1 aliphatic heterocycles. The number of benzene rings is 1. The molecule has 0 bridgehead atoms. The second kappa shape index (κ2) is 6.87. The van der Waals surface area contributed by atoms with Crippen molar-refractivity contribution in [2.45, 2.75) is 38.3 Å². The zero-order valence-corrected chi connectivity index (χ0v) is 11.5. The molecule has 0 spiro atoms. The first-order valence-corrected chi connectivity index (χ1v) is 7.06. The third-order valence-electron chi connectivity index (χ3n) is 3.89. The minimum Gasteiger partial charge on any atom is -0.508 e. The van der Waals surface area contributed by atoms with Gasteiger partial charge in [0.05, 0.1) is 0 Å². The number of aromatic hydroxyl groups is 1. The molecule has 1 aromatic rings. The fourth-order valence-electron chi connectivity index (χ4n) is 2.81. The maximum atomic E-state index is 13.3. The summed E-state index contributed by atoms with van der Waals surface area (Å²) in [5.74, 6) is -0.0871. The quantitative estimate of drug-likeness (QED) is 0.859. The summed E-state index contributed by atoms with van der Waals surface area (Å²) in [6.07, 6.45) is 4.75. The van der Waals surface area contributed by atoms with Crippen molar-refractivity contribution in [1.29, 1.82) is 0 Å². The number of phenols is 1. The van der Waals surface area contributed by atoms with Crippen LogP contribution in [0.25, 0.3) is 0 Å². The zero-order valence-electron chi connectivity index (χ0n) is 11.5. The van der Waals surface area contributed by atoms with Gasteiger partial charge >= 0.3 is 0 Å². The van der Waals surface area contributed by atoms with Crippen LogP contribution in [0.1, 0.15) is 31.2 Å². The molecule has 4 heteroatoms. The Morgan fingerprint density at radius 3 is 3.05 bits per heavy atom. The van der Waals surface area contributed by atoms with Crippen molar-refractivity contribution in [2.75, 3.05) is 20.1 Å². The number of nitrogens with one attached hydrogen (secondary N) is 1. The topological polar surface area (TPSA) is 35.5 Å². The molecule has 1 saturated heterocycles. The lowest BCUT2D eigenvalue weighted by Crippen LogP contribution is -2.40. The Hall–Kier alpha value is -1.13. The van der Waals surface area contributed by atoms with E-state index in [-0.39, 0.29) is 11.6 Å². The van der Waals surface area contributed by atoms with Crippen LogP contribution in [0.4, 0.5) is 4.39 Å². The van der Waals surface area contributed by atoms with Crippen molar-refractivity contribution in [3.8, 4) is 5.75 Å². The molecular weight excluding hydrogens is 243 g/mol. The molecule has 0 saturated carbocycles. The van der Waals surface area contributed by atoms with Gasteiger partial charge in [-0.3, -0.25) is 4.90 Å². The lowest BCUT2D eigenvalue weighted by Gasteiger charge is -2.36. The summed E-state index contributed by atoms with van der Waals surface area (Å²) in [5.41, 5.74) is 0.691. The van der Waals surface area contributed by atoms with Crippen molar-refractivity contribution >= 4 is 0 Å². The van der Waals surface area contributed by atoms with Gasteiger partial charge in [0.15, 0.2) is 0 Å². The lowest BCUT2D eigenvalue weighted by atomic mass is 9.98. The number of phenolic OH excluding ortho intramolecular Hbond substituents is 1. The van der Waals surface area contributed by atoms with Crippen LogP contribution < -0.4 is 5.32 Å². The van der Waals surface area contributed by atoms with Crippen LogP contribution in [0.15, 0.2) is 18.2 Å². The maximum Gasteiger partial charge on any atom is 0.123 e. The third-order valence-corrected chi connectivity index (χ3v) is 3.89. The summed E-state index contributed by atoms with van der Waals surface area (Å²) in [4.78, 5) is 2.37. The fraction of sp³-hybridized carbons (Fsp3) is 0.600. The normalized spacial score (nSPS) is 20.6. The Morgan fingerprint density at radius 1 is 1.42 bits per heavy atom. The van der Waals surface area contributed by atoms with Gasteiger partial charge in [0.2, 0.25) is 0 Å². The summed E-state index contributed by atoms with van der Waals surface area (Å²) in [7, 11) is 1.96. The fourth-order valence-corrected chi connectivity index (χ4v) is 2.81. The molecular formula is C15H23FN2O. The molecule has 0 amide bonds. The van der Waals surface area contributed by atoms with Gasteiger partial charge in [-0.1, -0.05) is 6.42 Å². The second-order valence-electron chi connectivity index (χ2n) is 5.29. The lowest BCUT2D eigenvalue weighted by molar-refractivity contribution is 0.131. The number of hydrogen-bond donors (Lipinski definition) is 2. The summed E-state index contributed by atoms with van der Waals surface area (Å²) >= 11 is 0. The van der Waals surface area contributed by atoms with Gasteiger partial charge < -0.3 is 10.4 Å². The standard InChI is InChI=1S/C15H23FN2O/c1-17-8-7-14-4-2-3-9-18(14)11-12-10-13(16)5-6-15(12)19/h5-6,10,14,17,19H,2-4,7-9,11H2,1H3. The van der Waals surface area contributed by atoms with E-state index in [2.05, 4.69) is 10.2 Å². The molecule has 2 rings (SSSR count). The second-order valence-corrected chi connectivity index (χ2v) is 5.29. The SMILES string of the molecule is CNCCC1CCCCN1Cc1cc(F)ccc1O. The Balaban J connectivity index is 2.04. The van der Waals surface area contributed by atoms with Gasteiger partial charge in [-0.05, 0) is 57.6 Å². The average Bonchev–Trinajstić information content (AvgIpc) is 2.42. The van der Waals surface area contributed by atoms with Crippen LogP contribution in [-0.4, -0.2) is 36.2 Å². The summed E-state index contributed by atoms with van der Waals surface area (Å²) in [5, 5.41) is 13.0. The van der Waals surface area contributed by atoms with Crippen LogP contribution in [0.5, 0.6) is 5.75 Å². The highest BCUT2D eigenvalue weighted by atomic mass is 19.1. The van der Waals surface area contributed by atoms with Crippen LogP contribution >= 0.6 is 0 Å². The Morgan fingerprint density at radius 2 is 2.26 bits per heavy atom. The number of likely N-dealkylation sites (tertiary alicyclic amines) is 1. The molecule has 0 aromatic heterocycles. The number of halogens is 1. The predicted octanol–water partition coefficient (Wildman–Crippen LogP) is 2.50. The highest BCUT2D eigenvalue weighted by Gasteiger charge is 2.22. The third kappa shape index (κ3) is 3.91. The smallest absolute Gasteiger partial charge is 0.123 e. The largest absolute Gasteiger partial charge is 0.508 e. The van der Waals surface area contributed by atoms with E-state index in [0.29, 0.717) is 18.2 Å². The minimum atomic E-state index is -0.281. The predicted molar refractivity (Wildman–Crippen MR) is 74.7 cm³/mol. The Kier molecular flexibility index (Phi) is 5.16. The first-order valence-electron chi connectivity index (χ1n) is 7.06. The number of rotatable bonds is 5. The van der Waals surface area contributed by atoms with E-state index < -0.39 is 0 Å². The average molecular weight is 266 g/mol. The molecule has 1 unspecified atom stereocenters. The summed E-state index contributed by atoms with van der Waals surface area (Å²) in [6.45, 7) is 2.67. The minimum absolute atomic E-state index is 0.194. The number of piperidine rings is 1.